The molecule has 1 amide bonds. The van der Waals surface area contributed by atoms with Gasteiger partial charge in [0, 0.05) is 11.1 Å². The van der Waals surface area contributed by atoms with E-state index in [1.807, 2.05) is 12.3 Å². The summed E-state index contributed by atoms with van der Waals surface area (Å²) in [6.45, 7) is 2.30. The molecule has 17 heavy (non-hydrogen) atoms. The van der Waals surface area contributed by atoms with Gasteiger partial charge in [-0.05, 0) is 6.92 Å². The van der Waals surface area contributed by atoms with Crippen LogP contribution in [0.1, 0.15) is 21.2 Å². The molecule has 0 bridgehead atoms. The Bertz CT molecular complexity index is 522. The van der Waals surface area contributed by atoms with Gasteiger partial charge < -0.3 is 11.1 Å². The SMILES string of the molecule is Cc1csc(CNC(=O)c2cnc(N)cn2)n1. The lowest BCUT2D eigenvalue weighted by Gasteiger charge is -2.01. The number of aromatic nitrogens is 3. The number of nitrogens with zero attached hydrogens (tertiary/aromatic N) is 3. The number of hydrogen-bond acceptors (Lipinski definition) is 6. The second kappa shape index (κ2) is 4.88. The van der Waals surface area contributed by atoms with Crippen molar-refractivity contribution in [2.24, 2.45) is 0 Å². The monoisotopic (exact) mass is 249 g/mol. The number of amides is 1. The topological polar surface area (TPSA) is 93.8 Å². The zero-order valence-electron chi connectivity index (χ0n) is 9.17. The second-order valence-electron chi connectivity index (χ2n) is 3.39. The van der Waals surface area contributed by atoms with E-state index in [0.29, 0.717) is 6.54 Å². The molecule has 0 radical (unpaired) electrons. The Morgan fingerprint density at radius 3 is 2.88 bits per heavy atom. The Labute approximate surface area is 102 Å². The first-order valence-corrected chi connectivity index (χ1v) is 5.80. The maximum atomic E-state index is 11.7. The first-order valence-electron chi connectivity index (χ1n) is 4.92. The van der Waals surface area contributed by atoms with Crippen LogP contribution in [-0.4, -0.2) is 20.9 Å². The molecule has 3 N–H and O–H groups in total. The summed E-state index contributed by atoms with van der Waals surface area (Å²) in [5.41, 5.74) is 6.57. The molecule has 6 nitrogen and oxygen atoms in total. The Kier molecular flexibility index (Phi) is 3.29. The van der Waals surface area contributed by atoms with Gasteiger partial charge in [0.05, 0.1) is 18.9 Å². The second-order valence-corrected chi connectivity index (χ2v) is 4.33. The Morgan fingerprint density at radius 2 is 2.29 bits per heavy atom. The summed E-state index contributed by atoms with van der Waals surface area (Å²) >= 11 is 1.51. The molecule has 0 saturated heterocycles. The molecule has 0 aliphatic carbocycles. The summed E-state index contributed by atoms with van der Waals surface area (Å²) in [5, 5.41) is 5.51. The number of rotatable bonds is 3. The normalized spacial score (nSPS) is 10.2. The lowest BCUT2D eigenvalue weighted by molar-refractivity contribution is 0.0945. The Morgan fingerprint density at radius 1 is 1.47 bits per heavy atom. The lowest BCUT2D eigenvalue weighted by Crippen LogP contribution is -2.24. The van der Waals surface area contributed by atoms with E-state index in [-0.39, 0.29) is 17.4 Å². The molecule has 88 valence electrons. The van der Waals surface area contributed by atoms with Crippen molar-refractivity contribution in [3.63, 3.8) is 0 Å². The number of nitrogens with two attached hydrogens (primary N) is 1. The van der Waals surface area contributed by atoms with Gasteiger partial charge in [0.2, 0.25) is 0 Å². The van der Waals surface area contributed by atoms with E-state index in [4.69, 9.17) is 5.73 Å². The molecular formula is C10H11N5OS. The summed E-state index contributed by atoms with van der Waals surface area (Å²) in [4.78, 5) is 23.6. The first-order chi connectivity index (χ1) is 8.15. The van der Waals surface area contributed by atoms with Gasteiger partial charge in [0.1, 0.15) is 16.5 Å². The first kappa shape index (κ1) is 11.5. The number of carbonyl (C=O) groups excluding carboxylic acids is 1. The molecule has 0 aromatic carbocycles. The third-order valence-electron chi connectivity index (χ3n) is 1.97. The zero-order chi connectivity index (χ0) is 12.3. The van der Waals surface area contributed by atoms with Gasteiger partial charge in [0.25, 0.3) is 5.91 Å². The van der Waals surface area contributed by atoms with Crippen molar-refractivity contribution in [1.82, 2.24) is 20.3 Å². The molecular weight excluding hydrogens is 238 g/mol. The summed E-state index contributed by atoms with van der Waals surface area (Å²) in [6.07, 6.45) is 2.69. The number of hydrogen-bond donors (Lipinski definition) is 2. The van der Waals surface area contributed by atoms with Crippen LogP contribution in [-0.2, 0) is 6.54 Å². The van der Waals surface area contributed by atoms with Gasteiger partial charge in [-0.1, -0.05) is 0 Å². The highest BCUT2D eigenvalue weighted by molar-refractivity contribution is 7.09. The van der Waals surface area contributed by atoms with Crippen LogP contribution in [0.25, 0.3) is 0 Å². The highest BCUT2D eigenvalue weighted by Crippen LogP contribution is 2.08. The lowest BCUT2D eigenvalue weighted by atomic mass is 10.4. The fourth-order valence-electron chi connectivity index (χ4n) is 1.19. The molecule has 0 atom stereocenters. The quantitative estimate of drug-likeness (QED) is 0.837. The summed E-state index contributed by atoms with van der Waals surface area (Å²) < 4.78 is 0. The van der Waals surface area contributed by atoms with Crippen molar-refractivity contribution in [3.05, 3.63) is 34.2 Å². The standard InChI is InChI=1S/C10H11N5OS/c1-6-5-17-9(15-6)4-14-10(16)7-2-13-8(11)3-12-7/h2-3,5H,4H2,1H3,(H2,11,13)(H,14,16). The molecule has 0 unspecified atom stereocenters. The van der Waals surface area contributed by atoms with E-state index < -0.39 is 0 Å². The van der Waals surface area contributed by atoms with Crippen LogP contribution in [0.5, 0.6) is 0 Å². The summed E-state index contributed by atoms with van der Waals surface area (Å²) in [5.74, 6) is 0.00227. The van der Waals surface area contributed by atoms with Crippen molar-refractivity contribution in [2.45, 2.75) is 13.5 Å². The highest BCUT2D eigenvalue weighted by Gasteiger charge is 2.08. The van der Waals surface area contributed by atoms with E-state index in [9.17, 15) is 4.79 Å². The predicted molar refractivity (Wildman–Crippen MR) is 64.5 cm³/mol. The smallest absolute Gasteiger partial charge is 0.271 e. The number of anilines is 1. The molecule has 0 aliphatic rings. The molecule has 0 saturated carbocycles. The largest absolute Gasteiger partial charge is 0.382 e. The average Bonchev–Trinajstić information content (AvgIpc) is 2.73. The van der Waals surface area contributed by atoms with Crippen LogP contribution in [0.4, 0.5) is 5.82 Å². The third kappa shape index (κ3) is 2.97. The fraction of sp³-hybridized carbons (Fsp3) is 0.200. The van der Waals surface area contributed by atoms with Crippen LogP contribution < -0.4 is 11.1 Å². The van der Waals surface area contributed by atoms with E-state index in [1.165, 1.54) is 23.7 Å². The number of nitrogens with one attached hydrogen (secondary N) is 1. The number of carbonyl (C=O) groups is 1. The molecule has 2 aromatic heterocycles. The van der Waals surface area contributed by atoms with Gasteiger partial charge in [0.15, 0.2) is 0 Å². The third-order valence-corrected chi connectivity index (χ3v) is 2.94. The maximum Gasteiger partial charge on any atom is 0.271 e. The van der Waals surface area contributed by atoms with Gasteiger partial charge >= 0.3 is 0 Å². The van der Waals surface area contributed by atoms with Crippen molar-refractivity contribution in [3.8, 4) is 0 Å². The average molecular weight is 249 g/mol. The van der Waals surface area contributed by atoms with E-state index in [2.05, 4.69) is 20.3 Å². The van der Waals surface area contributed by atoms with Crippen molar-refractivity contribution in [1.29, 1.82) is 0 Å². The number of aryl methyl sites for hydroxylation is 1. The van der Waals surface area contributed by atoms with Crippen molar-refractivity contribution < 1.29 is 4.79 Å². The Balaban J connectivity index is 1.95. The molecule has 2 aromatic rings. The summed E-state index contributed by atoms with van der Waals surface area (Å²) in [7, 11) is 0. The predicted octanol–water partition coefficient (Wildman–Crippen LogP) is 0.754. The van der Waals surface area contributed by atoms with Crippen LogP contribution in [0.2, 0.25) is 0 Å². The van der Waals surface area contributed by atoms with Crippen LogP contribution in [0, 0.1) is 6.92 Å². The molecule has 2 rings (SSSR count). The van der Waals surface area contributed by atoms with Crippen molar-refractivity contribution >= 4 is 23.1 Å². The Hall–Kier alpha value is -2.02. The number of thiazole rings is 1. The fourth-order valence-corrected chi connectivity index (χ4v) is 1.90. The highest BCUT2D eigenvalue weighted by atomic mass is 32.1. The van der Waals surface area contributed by atoms with Crippen LogP contribution in [0.3, 0.4) is 0 Å². The van der Waals surface area contributed by atoms with E-state index in [0.717, 1.165) is 10.7 Å². The van der Waals surface area contributed by atoms with Gasteiger partial charge in [-0.3, -0.25) is 4.79 Å². The molecule has 0 aliphatic heterocycles. The molecule has 7 heteroatoms. The van der Waals surface area contributed by atoms with Gasteiger partial charge in [-0.2, -0.15) is 0 Å². The molecule has 2 heterocycles. The maximum absolute atomic E-state index is 11.7. The van der Waals surface area contributed by atoms with E-state index >= 15 is 0 Å². The minimum Gasteiger partial charge on any atom is -0.382 e. The zero-order valence-corrected chi connectivity index (χ0v) is 9.99. The van der Waals surface area contributed by atoms with E-state index in [1.54, 1.807) is 0 Å². The minimum atomic E-state index is -0.287. The van der Waals surface area contributed by atoms with Gasteiger partial charge in [-0.15, -0.1) is 11.3 Å². The molecule has 0 fully saturated rings. The van der Waals surface area contributed by atoms with Crippen molar-refractivity contribution in [2.75, 3.05) is 5.73 Å². The van der Waals surface area contributed by atoms with Crippen LogP contribution >= 0.6 is 11.3 Å². The van der Waals surface area contributed by atoms with Crippen LogP contribution in [0.15, 0.2) is 17.8 Å². The summed E-state index contributed by atoms with van der Waals surface area (Å²) in [6, 6.07) is 0. The number of nitrogen functional groups attached to an aromatic ring is 1. The minimum absolute atomic E-state index is 0.243. The van der Waals surface area contributed by atoms with Gasteiger partial charge in [-0.25, -0.2) is 15.0 Å². The molecule has 0 spiro atoms.